The molecule has 0 aromatic carbocycles. The van der Waals surface area contributed by atoms with Gasteiger partial charge in [-0.25, -0.2) is 0 Å². The number of rotatable bonds is 4. The Balaban J connectivity index is 1.75. The molecule has 0 radical (unpaired) electrons. The largest absolute Gasteiger partial charge is 0.314 e. The Labute approximate surface area is 121 Å². The molecule has 3 heteroatoms. The molecule has 2 fully saturated rings. The van der Waals surface area contributed by atoms with Crippen molar-refractivity contribution >= 4 is 11.3 Å². The normalized spacial score (nSPS) is 33.3. The molecule has 1 aromatic rings. The zero-order valence-corrected chi connectivity index (χ0v) is 13.0. The van der Waals surface area contributed by atoms with Crippen LogP contribution in [0.3, 0.4) is 0 Å². The predicted octanol–water partition coefficient (Wildman–Crippen LogP) is 3.80. The summed E-state index contributed by atoms with van der Waals surface area (Å²) in [5.74, 6) is 0. The highest BCUT2D eigenvalue weighted by atomic mass is 32.1. The fraction of sp³-hybridized carbons (Fsp3) is 0.750. The second-order valence-corrected chi connectivity index (χ2v) is 6.92. The number of nitrogens with one attached hydrogen (secondary N) is 1. The van der Waals surface area contributed by atoms with E-state index >= 15 is 0 Å². The van der Waals surface area contributed by atoms with Crippen LogP contribution in [0.5, 0.6) is 0 Å². The van der Waals surface area contributed by atoms with Gasteiger partial charge in [-0.2, -0.15) is 11.3 Å². The van der Waals surface area contributed by atoms with E-state index in [1.807, 2.05) is 11.3 Å². The van der Waals surface area contributed by atoms with Crippen molar-refractivity contribution in [2.24, 2.45) is 0 Å². The summed E-state index contributed by atoms with van der Waals surface area (Å²) < 4.78 is 0. The number of piperidine rings is 2. The lowest BCUT2D eigenvalue weighted by Gasteiger charge is -2.51. The molecule has 3 atom stereocenters. The summed E-state index contributed by atoms with van der Waals surface area (Å²) in [7, 11) is 0. The average Bonchev–Trinajstić information content (AvgIpc) is 2.91. The van der Waals surface area contributed by atoms with E-state index in [1.54, 1.807) is 0 Å². The zero-order valence-electron chi connectivity index (χ0n) is 12.1. The quantitative estimate of drug-likeness (QED) is 0.901. The van der Waals surface area contributed by atoms with Crippen molar-refractivity contribution in [1.29, 1.82) is 0 Å². The second-order valence-electron chi connectivity index (χ2n) is 6.14. The lowest BCUT2D eigenvalue weighted by atomic mass is 9.80. The van der Waals surface area contributed by atoms with E-state index in [9.17, 15) is 0 Å². The molecule has 19 heavy (non-hydrogen) atoms. The molecule has 3 heterocycles. The number of hydrogen-bond donors (Lipinski definition) is 1. The summed E-state index contributed by atoms with van der Waals surface area (Å²) >= 11 is 1.83. The van der Waals surface area contributed by atoms with Gasteiger partial charge < -0.3 is 5.32 Å². The number of hydrogen-bond acceptors (Lipinski definition) is 3. The first-order valence-corrected chi connectivity index (χ1v) is 8.76. The molecule has 3 rings (SSSR count). The van der Waals surface area contributed by atoms with Crippen LogP contribution in [0, 0.1) is 0 Å². The van der Waals surface area contributed by atoms with Crippen LogP contribution in [0.25, 0.3) is 0 Å². The standard InChI is InChI=1S/C16H26N2S/c1-3-17-14-9-15-5-4-6-16(10-14)18(15)12(2)13-7-8-19-11-13/h7-8,11-12,14-17H,3-6,9-10H2,1-2H3. The number of thiophene rings is 1. The van der Waals surface area contributed by atoms with Gasteiger partial charge in [0.25, 0.3) is 0 Å². The molecular weight excluding hydrogens is 252 g/mol. The van der Waals surface area contributed by atoms with Gasteiger partial charge >= 0.3 is 0 Å². The first-order valence-electron chi connectivity index (χ1n) is 7.82. The van der Waals surface area contributed by atoms with Crippen LogP contribution in [-0.4, -0.2) is 29.6 Å². The van der Waals surface area contributed by atoms with E-state index in [1.165, 1.54) is 37.7 Å². The molecule has 2 aliphatic rings. The third-order valence-electron chi connectivity index (χ3n) is 5.00. The molecule has 2 saturated heterocycles. The smallest absolute Gasteiger partial charge is 0.0334 e. The molecule has 2 bridgehead atoms. The number of nitrogens with zero attached hydrogens (tertiary/aromatic N) is 1. The fourth-order valence-electron chi connectivity index (χ4n) is 4.19. The summed E-state index contributed by atoms with van der Waals surface area (Å²) in [6, 6.07) is 5.26. The summed E-state index contributed by atoms with van der Waals surface area (Å²) in [6.07, 6.45) is 6.92. The van der Waals surface area contributed by atoms with E-state index in [0.29, 0.717) is 6.04 Å². The van der Waals surface area contributed by atoms with Crippen LogP contribution in [0.1, 0.15) is 57.6 Å². The van der Waals surface area contributed by atoms with Gasteiger partial charge in [0, 0.05) is 24.2 Å². The minimum absolute atomic E-state index is 0.601. The SMILES string of the molecule is CCNC1CC2CCCC(C1)N2C(C)c1ccsc1. The molecule has 0 saturated carbocycles. The lowest BCUT2D eigenvalue weighted by Crippen LogP contribution is -2.56. The Bertz CT molecular complexity index is 375. The second kappa shape index (κ2) is 5.94. The molecule has 3 unspecified atom stereocenters. The predicted molar refractivity (Wildman–Crippen MR) is 82.7 cm³/mol. The highest BCUT2D eigenvalue weighted by Crippen LogP contribution is 2.40. The van der Waals surface area contributed by atoms with Crippen LogP contribution in [0.4, 0.5) is 0 Å². The van der Waals surface area contributed by atoms with Gasteiger partial charge in [-0.15, -0.1) is 0 Å². The van der Waals surface area contributed by atoms with Gasteiger partial charge in [0.2, 0.25) is 0 Å². The summed E-state index contributed by atoms with van der Waals surface area (Å²) in [5, 5.41) is 8.23. The van der Waals surface area contributed by atoms with Gasteiger partial charge in [-0.3, -0.25) is 4.90 Å². The van der Waals surface area contributed by atoms with Crippen molar-refractivity contribution in [3.63, 3.8) is 0 Å². The van der Waals surface area contributed by atoms with E-state index in [4.69, 9.17) is 0 Å². The molecule has 2 nitrogen and oxygen atoms in total. The molecule has 1 N–H and O–H groups in total. The Morgan fingerprint density at radius 2 is 2.11 bits per heavy atom. The van der Waals surface area contributed by atoms with Gasteiger partial charge in [0.1, 0.15) is 0 Å². The van der Waals surface area contributed by atoms with E-state index in [2.05, 4.69) is 40.9 Å². The Hall–Kier alpha value is -0.380. The lowest BCUT2D eigenvalue weighted by molar-refractivity contribution is -0.00589. The van der Waals surface area contributed by atoms with Crippen molar-refractivity contribution in [1.82, 2.24) is 10.2 Å². The maximum atomic E-state index is 3.68. The Morgan fingerprint density at radius 1 is 1.37 bits per heavy atom. The maximum absolute atomic E-state index is 3.68. The monoisotopic (exact) mass is 278 g/mol. The van der Waals surface area contributed by atoms with Crippen molar-refractivity contribution in [2.45, 2.75) is 70.1 Å². The minimum Gasteiger partial charge on any atom is -0.314 e. The zero-order chi connectivity index (χ0) is 13.2. The Kier molecular flexibility index (Phi) is 4.25. The molecule has 0 spiro atoms. The molecule has 106 valence electrons. The van der Waals surface area contributed by atoms with E-state index in [0.717, 1.165) is 24.7 Å². The van der Waals surface area contributed by atoms with Gasteiger partial charge in [-0.1, -0.05) is 13.3 Å². The van der Waals surface area contributed by atoms with E-state index in [-0.39, 0.29) is 0 Å². The highest BCUT2D eigenvalue weighted by molar-refractivity contribution is 7.07. The van der Waals surface area contributed by atoms with Crippen LogP contribution in [-0.2, 0) is 0 Å². The third kappa shape index (κ3) is 2.74. The van der Waals surface area contributed by atoms with Crippen molar-refractivity contribution in [2.75, 3.05) is 6.54 Å². The third-order valence-corrected chi connectivity index (χ3v) is 5.70. The summed E-state index contributed by atoms with van der Waals surface area (Å²) in [4.78, 5) is 2.83. The summed E-state index contributed by atoms with van der Waals surface area (Å²) in [6.45, 7) is 5.75. The average molecular weight is 278 g/mol. The van der Waals surface area contributed by atoms with Gasteiger partial charge in [0.15, 0.2) is 0 Å². The summed E-state index contributed by atoms with van der Waals surface area (Å²) in [5.41, 5.74) is 1.52. The molecule has 0 aliphatic carbocycles. The highest BCUT2D eigenvalue weighted by Gasteiger charge is 2.40. The molecule has 2 aliphatic heterocycles. The van der Waals surface area contributed by atoms with Crippen molar-refractivity contribution in [3.05, 3.63) is 22.4 Å². The first-order chi connectivity index (χ1) is 9.29. The van der Waals surface area contributed by atoms with Crippen LogP contribution < -0.4 is 5.32 Å². The van der Waals surface area contributed by atoms with Gasteiger partial charge in [0.05, 0.1) is 0 Å². The van der Waals surface area contributed by atoms with Crippen LogP contribution in [0.15, 0.2) is 16.8 Å². The maximum Gasteiger partial charge on any atom is 0.0334 e. The van der Waals surface area contributed by atoms with Crippen molar-refractivity contribution in [3.8, 4) is 0 Å². The van der Waals surface area contributed by atoms with Crippen LogP contribution >= 0.6 is 11.3 Å². The van der Waals surface area contributed by atoms with Crippen molar-refractivity contribution < 1.29 is 0 Å². The van der Waals surface area contributed by atoms with E-state index < -0.39 is 0 Å². The van der Waals surface area contributed by atoms with Gasteiger partial charge in [-0.05, 0) is 61.5 Å². The fourth-order valence-corrected chi connectivity index (χ4v) is 4.94. The van der Waals surface area contributed by atoms with Crippen LogP contribution in [0.2, 0.25) is 0 Å². The number of fused-ring (bicyclic) bond motifs is 2. The topological polar surface area (TPSA) is 15.3 Å². The molecular formula is C16H26N2S. The Morgan fingerprint density at radius 3 is 2.68 bits per heavy atom. The first kappa shape index (κ1) is 13.6. The molecule has 1 aromatic heterocycles. The molecule has 0 amide bonds. The minimum atomic E-state index is 0.601.